The molecular weight excluding hydrogens is 281 g/mol. The SMILES string of the molecule is CC(CN)CCc1nc(Cc2ccc(F)cc2Cl)no1. The van der Waals surface area contributed by atoms with E-state index in [0.717, 1.165) is 12.0 Å². The molecule has 0 saturated heterocycles. The summed E-state index contributed by atoms with van der Waals surface area (Å²) in [5, 5.41) is 4.28. The molecule has 1 heterocycles. The van der Waals surface area contributed by atoms with Gasteiger partial charge in [-0.3, -0.25) is 0 Å². The zero-order chi connectivity index (χ0) is 14.5. The summed E-state index contributed by atoms with van der Waals surface area (Å²) in [4.78, 5) is 4.30. The van der Waals surface area contributed by atoms with Gasteiger partial charge >= 0.3 is 0 Å². The standard InChI is InChI=1S/C14H17ClFN3O/c1-9(8-17)2-5-14-18-13(19-20-14)6-10-3-4-11(16)7-12(10)15/h3-4,7,9H,2,5-6,8,17H2,1H3. The fraction of sp³-hybridized carbons (Fsp3) is 0.429. The highest BCUT2D eigenvalue weighted by atomic mass is 35.5. The molecule has 0 amide bonds. The molecule has 1 unspecified atom stereocenters. The van der Waals surface area contributed by atoms with Crippen molar-refractivity contribution in [3.63, 3.8) is 0 Å². The second kappa shape index (κ2) is 6.81. The van der Waals surface area contributed by atoms with Gasteiger partial charge in [-0.15, -0.1) is 0 Å². The predicted molar refractivity (Wildman–Crippen MR) is 75.1 cm³/mol. The molecule has 4 nitrogen and oxygen atoms in total. The van der Waals surface area contributed by atoms with Crippen molar-refractivity contribution in [2.24, 2.45) is 11.7 Å². The number of benzene rings is 1. The summed E-state index contributed by atoms with van der Waals surface area (Å²) < 4.78 is 18.1. The van der Waals surface area contributed by atoms with E-state index in [-0.39, 0.29) is 5.82 Å². The van der Waals surface area contributed by atoms with Crippen LogP contribution < -0.4 is 5.73 Å². The van der Waals surface area contributed by atoms with Crippen molar-refractivity contribution in [3.05, 3.63) is 46.3 Å². The van der Waals surface area contributed by atoms with E-state index < -0.39 is 0 Å². The minimum absolute atomic E-state index is 0.358. The van der Waals surface area contributed by atoms with E-state index in [4.69, 9.17) is 21.9 Å². The first-order valence-corrected chi connectivity index (χ1v) is 6.91. The summed E-state index contributed by atoms with van der Waals surface area (Å²) in [7, 11) is 0. The Balaban J connectivity index is 1.98. The first-order valence-electron chi connectivity index (χ1n) is 6.54. The Bertz CT molecular complexity index is 573. The Hall–Kier alpha value is -1.46. The first-order chi connectivity index (χ1) is 9.58. The van der Waals surface area contributed by atoms with Crippen molar-refractivity contribution >= 4 is 11.6 Å². The van der Waals surface area contributed by atoms with E-state index in [0.29, 0.717) is 42.0 Å². The summed E-state index contributed by atoms with van der Waals surface area (Å²) in [5.41, 5.74) is 6.33. The summed E-state index contributed by atoms with van der Waals surface area (Å²) in [6.07, 6.45) is 2.05. The summed E-state index contributed by atoms with van der Waals surface area (Å²) >= 11 is 5.97. The maximum absolute atomic E-state index is 13.0. The van der Waals surface area contributed by atoms with E-state index in [9.17, 15) is 4.39 Å². The van der Waals surface area contributed by atoms with Crippen molar-refractivity contribution in [1.29, 1.82) is 0 Å². The summed E-state index contributed by atoms with van der Waals surface area (Å²) in [5.74, 6) is 1.22. The molecule has 2 N–H and O–H groups in total. The van der Waals surface area contributed by atoms with Crippen LogP contribution >= 0.6 is 11.6 Å². The molecule has 0 aliphatic heterocycles. The van der Waals surface area contributed by atoms with Crippen LogP contribution in [-0.2, 0) is 12.8 Å². The van der Waals surface area contributed by atoms with Crippen LogP contribution in [0.1, 0.15) is 30.6 Å². The van der Waals surface area contributed by atoms with Gasteiger partial charge in [0.15, 0.2) is 5.82 Å². The van der Waals surface area contributed by atoms with Gasteiger partial charge < -0.3 is 10.3 Å². The highest BCUT2D eigenvalue weighted by Gasteiger charge is 2.11. The van der Waals surface area contributed by atoms with Crippen LogP contribution in [0.2, 0.25) is 5.02 Å². The lowest BCUT2D eigenvalue weighted by atomic mass is 10.1. The smallest absolute Gasteiger partial charge is 0.226 e. The molecule has 0 aliphatic carbocycles. The van der Waals surface area contributed by atoms with Crippen molar-refractivity contribution in [2.45, 2.75) is 26.2 Å². The lowest BCUT2D eigenvalue weighted by Gasteiger charge is -2.04. The number of hydrogen-bond acceptors (Lipinski definition) is 4. The lowest BCUT2D eigenvalue weighted by molar-refractivity contribution is 0.362. The molecule has 2 aromatic rings. The fourth-order valence-corrected chi connectivity index (χ4v) is 2.02. The number of hydrogen-bond donors (Lipinski definition) is 1. The molecule has 2 rings (SSSR count). The molecule has 0 bridgehead atoms. The van der Waals surface area contributed by atoms with Gasteiger partial charge in [0.1, 0.15) is 5.82 Å². The van der Waals surface area contributed by atoms with Gasteiger partial charge in [0.05, 0.1) is 0 Å². The van der Waals surface area contributed by atoms with E-state index in [1.54, 1.807) is 6.07 Å². The van der Waals surface area contributed by atoms with E-state index >= 15 is 0 Å². The van der Waals surface area contributed by atoms with Gasteiger partial charge in [-0.05, 0) is 36.6 Å². The van der Waals surface area contributed by atoms with E-state index in [1.165, 1.54) is 12.1 Å². The largest absolute Gasteiger partial charge is 0.339 e. The molecule has 0 saturated carbocycles. The third-order valence-electron chi connectivity index (χ3n) is 3.13. The first kappa shape index (κ1) is 14.9. The van der Waals surface area contributed by atoms with Crippen molar-refractivity contribution in [1.82, 2.24) is 10.1 Å². The molecule has 0 spiro atoms. The third kappa shape index (κ3) is 4.02. The van der Waals surface area contributed by atoms with Gasteiger partial charge in [-0.25, -0.2) is 4.39 Å². The van der Waals surface area contributed by atoms with Crippen molar-refractivity contribution in [3.8, 4) is 0 Å². The quantitative estimate of drug-likeness (QED) is 0.890. The van der Waals surface area contributed by atoms with E-state index in [1.807, 2.05) is 0 Å². The molecule has 108 valence electrons. The number of nitrogens with zero attached hydrogens (tertiary/aromatic N) is 2. The highest BCUT2D eigenvalue weighted by Crippen LogP contribution is 2.19. The maximum atomic E-state index is 13.0. The highest BCUT2D eigenvalue weighted by molar-refractivity contribution is 6.31. The van der Waals surface area contributed by atoms with Crippen molar-refractivity contribution < 1.29 is 8.91 Å². The van der Waals surface area contributed by atoms with Gasteiger partial charge in [0, 0.05) is 17.9 Å². The molecule has 0 aliphatic rings. The van der Waals surface area contributed by atoms with Gasteiger partial charge in [0.2, 0.25) is 5.89 Å². The van der Waals surface area contributed by atoms with E-state index in [2.05, 4.69) is 17.1 Å². The van der Waals surface area contributed by atoms with Gasteiger partial charge in [0.25, 0.3) is 0 Å². The molecule has 0 radical (unpaired) electrons. The topological polar surface area (TPSA) is 64.9 Å². The number of rotatable bonds is 6. The van der Waals surface area contributed by atoms with Crippen LogP contribution in [-0.4, -0.2) is 16.7 Å². The monoisotopic (exact) mass is 297 g/mol. The van der Waals surface area contributed by atoms with Crippen LogP contribution in [0.15, 0.2) is 22.7 Å². The Morgan fingerprint density at radius 3 is 2.95 bits per heavy atom. The van der Waals surface area contributed by atoms with Crippen LogP contribution in [0.25, 0.3) is 0 Å². The molecule has 1 atom stereocenters. The average molecular weight is 298 g/mol. The number of aromatic nitrogens is 2. The molecular formula is C14H17ClFN3O. The second-order valence-electron chi connectivity index (χ2n) is 4.90. The molecule has 1 aromatic carbocycles. The zero-order valence-electron chi connectivity index (χ0n) is 11.3. The number of aryl methyl sites for hydroxylation is 1. The Morgan fingerprint density at radius 2 is 2.25 bits per heavy atom. The Labute approximate surface area is 122 Å². The van der Waals surface area contributed by atoms with Crippen molar-refractivity contribution in [2.75, 3.05) is 6.54 Å². The molecule has 20 heavy (non-hydrogen) atoms. The second-order valence-corrected chi connectivity index (χ2v) is 5.30. The zero-order valence-corrected chi connectivity index (χ0v) is 12.0. The molecule has 0 fully saturated rings. The van der Waals surface area contributed by atoms with Gasteiger partial charge in [-0.1, -0.05) is 29.7 Å². The predicted octanol–water partition coefficient (Wildman–Crippen LogP) is 2.98. The van der Waals surface area contributed by atoms with Gasteiger partial charge in [-0.2, -0.15) is 4.98 Å². The average Bonchev–Trinajstić information content (AvgIpc) is 2.87. The van der Waals surface area contributed by atoms with Crippen LogP contribution in [0.5, 0.6) is 0 Å². The fourth-order valence-electron chi connectivity index (χ4n) is 1.79. The summed E-state index contributed by atoms with van der Waals surface area (Å²) in [6, 6.07) is 4.27. The molecule has 6 heteroatoms. The number of halogens is 2. The third-order valence-corrected chi connectivity index (χ3v) is 3.48. The minimum atomic E-state index is -0.358. The summed E-state index contributed by atoms with van der Waals surface area (Å²) in [6.45, 7) is 2.72. The van der Waals surface area contributed by atoms with Crippen LogP contribution in [0.3, 0.4) is 0 Å². The Kier molecular flexibility index (Phi) is 5.09. The Morgan fingerprint density at radius 1 is 1.45 bits per heavy atom. The number of nitrogens with two attached hydrogens (primary N) is 1. The minimum Gasteiger partial charge on any atom is -0.339 e. The lowest BCUT2D eigenvalue weighted by Crippen LogP contribution is -2.11. The normalized spacial score (nSPS) is 12.6. The van der Waals surface area contributed by atoms with Crippen LogP contribution in [0, 0.1) is 11.7 Å². The maximum Gasteiger partial charge on any atom is 0.226 e. The van der Waals surface area contributed by atoms with Crippen LogP contribution in [0.4, 0.5) is 4.39 Å². The molecule has 1 aromatic heterocycles.